The van der Waals surface area contributed by atoms with E-state index in [0.717, 1.165) is 12.8 Å². The van der Waals surface area contributed by atoms with E-state index in [1.54, 1.807) is 0 Å². The molecule has 0 aromatic heterocycles. The van der Waals surface area contributed by atoms with E-state index >= 15 is 0 Å². The quantitative estimate of drug-likeness (QED) is 0.274. The smallest absolute Gasteiger partial charge is 0.368 e. The zero-order valence-electron chi connectivity index (χ0n) is 12.9. The minimum Gasteiger partial charge on any atom is -0.368 e. The molecule has 6 nitrogen and oxygen atoms in total. The molecule has 0 spiro atoms. The Kier molecular flexibility index (Phi) is 12.4. The lowest BCUT2D eigenvalue weighted by Gasteiger charge is -2.36. The molecule has 0 aromatic rings. The number of ether oxygens (including phenoxy) is 1. The van der Waals surface area contributed by atoms with Gasteiger partial charge in [-0.15, -0.1) is 0 Å². The Balaban J connectivity index is 0.00000135. The molecule has 0 aliphatic heterocycles. The van der Waals surface area contributed by atoms with Gasteiger partial charge in [-0.2, -0.15) is 4.89 Å². The van der Waals surface area contributed by atoms with Gasteiger partial charge in [-0.05, 0) is 49.7 Å². The van der Waals surface area contributed by atoms with Crippen molar-refractivity contribution in [1.29, 1.82) is 0 Å². The molecule has 1 aliphatic carbocycles. The topological polar surface area (TPSA) is 102 Å². The van der Waals surface area contributed by atoms with Crippen LogP contribution < -0.4 is 11.1 Å². The van der Waals surface area contributed by atoms with Crippen LogP contribution in [0.25, 0.3) is 0 Å². The van der Waals surface area contributed by atoms with Crippen LogP contribution in [0.3, 0.4) is 0 Å². The lowest BCUT2D eigenvalue weighted by atomic mass is 9.93. The molecule has 1 aliphatic rings. The van der Waals surface area contributed by atoms with Crippen LogP contribution in [0.1, 0.15) is 33.6 Å². The number of amides is 1. The Morgan fingerprint density at radius 3 is 2.64 bits per heavy atom. The molecule has 0 saturated heterocycles. The van der Waals surface area contributed by atoms with Crippen molar-refractivity contribution in [2.75, 3.05) is 0 Å². The molecular formula is C13H24I2N2O4P+. The summed E-state index contributed by atoms with van der Waals surface area (Å²) in [4.78, 5) is 18.4. The summed E-state index contributed by atoms with van der Waals surface area (Å²) in [5.74, 6) is -0.0603. The van der Waals surface area contributed by atoms with Crippen LogP contribution in [0.15, 0.2) is 9.66 Å². The van der Waals surface area contributed by atoms with Gasteiger partial charge in [0.1, 0.15) is 0 Å². The van der Waals surface area contributed by atoms with Gasteiger partial charge < -0.3 is 15.8 Å². The van der Waals surface area contributed by atoms with Gasteiger partial charge >= 0.3 is 8.69 Å². The first kappa shape index (κ1) is 22.6. The molecule has 0 heterocycles. The Bertz CT molecular complexity index is 396. The van der Waals surface area contributed by atoms with E-state index in [0.29, 0.717) is 3.92 Å². The standard InChI is InChI=1S/C13H22I2N2O2.HO2P/c1-4-11(7(2)14)19-12-6-9(15)5-10(16)13(12)17-8(3)18;1-3-2/h6-7,10-13H,4-5,16H2,1-3H3,(H,17,18);3H/p+1/t7?,10-,11?,12+,13+;/m0./s1. The molecule has 0 fully saturated rings. The first-order valence-electron chi connectivity index (χ1n) is 6.96. The summed E-state index contributed by atoms with van der Waals surface area (Å²) in [5, 5.41) is 2.93. The third kappa shape index (κ3) is 8.49. The number of hydrogen-bond acceptors (Lipinski definition) is 4. The second-order valence-electron chi connectivity index (χ2n) is 5.02. The minimum absolute atomic E-state index is 0.0603. The number of halogens is 2. The highest BCUT2D eigenvalue weighted by molar-refractivity contribution is 14.1. The van der Waals surface area contributed by atoms with E-state index < -0.39 is 8.69 Å². The lowest BCUT2D eigenvalue weighted by Crippen LogP contribution is -2.56. The van der Waals surface area contributed by atoms with E-state index in [9.17, 15) is 4.79 Å². The first-order chi connectivity index (χ1) is 10.3. The van der Waals surface area contributed by atoms with Gasteiger partial charge in [0.2, 0.25) is 5.91 Å². The van der Waals surface area contributed by atoms with Crippen molar-refractivity contribution in [3.05, 3.63) is 9.66 Å². The number of hydrogen-bond donors (Lipinski definition) is 3. The molecule has 0 saturated carbocycles. The zero-order chi connectivity index (χ0) is 17.3. The van der Waals surface area contributed by atoms with Crippen LogP contribution in [-0.4, -0.2) is 39.0 Å². The first-order valence-corrected chi connectivity index (χ1v) is 10.1. The number of nitrogens with two attached hydrogens (primary N) is 1. The summed E-state index contributed by atoms with van der Waals surface area (Å²) in [5.41, 5.74) is 6.16. The fourth-order valence-corrected chi connectivity index (χ4v) is 3.77. The van der Waals surface area contributed by atoms with Crippen LogP contribution in [0.5, 0.6) is 0 Å². The van der Waals surface area contributed by atoms with Crippen molar-refractivity contribution in [2.45, 2.75) is 61.8 Å². The third-order valence-corrected chi connectivity index (χ3v) is 4.81. The Morgan fingerprint density at radius 2 is 2.23 bits per heavy atom. The van der Waals surface area contributed by atoms with Crippen molar-refractivity contribution in [3.63, 3.8) is 0 Å². The summed E-state index contributed by atoms with van der Waals surface area (Å²) in [6.07, 6.45) is 3.87. The summed E-state index contributed by atoms with van der Waals surface area (Å²) in [7, 11) is -1.17. The average molecular weight is 557 g/mol. The second kappa shape index (κ2) is 12.1. The Labute approximate surface area is 160 Å². The summed E-state index contributed by atoms with van der Waals surface area (Å²) < 4.78 is 16.3. The van der Waals surface area contributed by atoms with Gasteiger partial charge in [0, 0.05) is 16.9 Å². The zero-order valence-corrected chi connectivity index (χ0v) is 18.2. The maximum absolute atomic E-state index is 11.3. The van der Waals surface area contributed by atoms with Crippen molar-refractivity contribution in [2.24, 2.45) is 5.73 Å². The largest absolute Gasteiger partial charge is 0.491 e. The normalized spacial score (nSPS) is 27.2. The molecule has 9 heteroatoms. The molecule has 4 N–H and O–H groups in total. The highest BCUT2D eigenvalue weighted by Crippen LogP contribution is 2.27. The fourth-order valence-electron chi connectivity index (χ4n) is 2.22. The Morgan fingerprint density at radius 1 is 1.68 bits per heavy atom. The number of carbonyl (C=O) groups excluding carboxylic acids is 1. The molecule has 6 atom stereocenters. The molecule has 3 unspecified atom stereocenters. The highest BCUT2D eigenvalue weighted by atomic mass is 127. The molecule has 1 rings (SSSR count). The van der Waals surface area contributed by atoms with Crippen molar-refractivity contribution < 1.29 is 19.0 Å². The molecular weight excluding hydrogens is 533 g/mol. The highest BCUT2D eigenvalue weighted by Gasteiger charge is 2.33. The minimum atomic E-state index is -1.17. The van der Waals surface area contributed by atoms with Gasteiger partial charge in [-0.25, -0.2) is 0 Å². The second-order valence-corrected chi connectivity index (χ2v) is 8.56. The van der Waals surface area contributed by atoms with Gasteiger partial charge in [0.15, 0.2) is 0 Å². The van der Waals surface area contributed by atoms with Crippen LogP contribution >= 0.6 is 53.9 Å². The Hall–Kier alpha value is 0.650. The van der Waals surface area contributed by atoms with Crippen LogP contribution in [0, 0.1) is 0 Å². The molecule has 0 bridgehead atoms. The fraction of sp³-hybridized carbons (Fsp3) is 0.769. The predicted octanol–water partition coefficient (Wildman–Crippen LogP) is 2.45. The number of alkyl halides is 1. The van der Waals surface area contributed by atoms with E-state index in [1.165, 1.54) is 10.5 Å². The van der Waals surface area contributed by atoms with Crippen molar-refractivity contribution >= 4 is 59.8 Å². The van der Waals surface area contributed by atoms with Crippen LogP contribution in [-0.2, 0) is 14.1 Å². The summed E-state index contributed by atoms with van der Waals surface area (Å²) in [6.45, 7) is 5.77. The summed E-state index contributed by atoms with van der Waals surface area (Å²) >= 11 is 4.67. The lowest BCUT2D eigenvalue weighted by molar-refractivity contribution is -0.121. The average Bonchev–Trinajstić information content (AvgIpc) is 2.39. The van der Waals surface area contributed by atoms with Crippen LogP contribution in [0.4, 0.5) is 0 Å². The SMILES string of the molecule is CCC(O[C@@H]1C=C(I)C[C@H](N)[C@H]1NC(C)=O)C(C)I.O=[PH+]O. The predicted molar refractivity (Wildman–Crippen MR) is 106 cm³/mol. The molecule has 1 amide bonds. The number of nitrogens with one attached hydrogen (secondary N) is 1. The molecule has 0 aromatic carbocycles. The van der Waals surface area contributed by atoms with E-state index in [1.807, 2.05) is 0 Å². The number of carbonyl (C=O) groups is 1. The van der Waals surface area contributed by atoms with Gasteiger partial charge in [0.05, 0.1) is 18.2 Å². The molecule has 22 heavy (non-hydrogen) atoms. The third-order valence-electron chi connectivity index (χ3n) is 3.21. The van der Waals surface area contributed by atoms with E-state index in [4.69, 9.17) is 19.9 Å². The monoisotopic (exact) mass is 557 g/mol. The van der Waals surface area contributed by atoms with E-state index in [-0.39, 0.29) is 30.2 Å². The van der Waals surface area contributed by atoms with Crippen molar-refractivity contribution in [1.82, 2.24) is 5.32 Å². The van der Waals surface area contributed by atoms with Gasteiger partial charge in [-0.3, -0.25) is 4.79 Å². The number of rotatable bonds is 5. The molecule has 128 valence electrons. The van der Waals surface area contributed by atoms with Crippen LogP contribution in [0.2, 0.25) is 0 Å². The maximum atomic E-state index is 11.3. The molecule has 0 radical (unpaired) electrons. The van der Waals surface area contributed by atoms with Gasteiger partial charge in [0.25, 0.3) is 0 Å². The maximum Gasteiger partial charge on any atom is 0.491 e. The van der Waals surface area contributed by atoms with Gasteiger partial charge in [-0.1, -0.05) is 36.4 Å². The summed E-state index contributed by atoms with van der Waals surface area (Å²) in [6, 6.07) is -0.229. The van der Waals surface area contributed by atoms with E-state index in [2.05, 4.69) is 70.4 Å². The van der Waals surface area contributed by atoms with Crippen molar-refractivity contribution in [3.8, 4) is 0 Å².